The summed E-state index contributed by atoms with van der Waals surface area (Å²) in [7, 11) is 0. The lowest BCUT2D eigenvalue weighted by atomic mass is 9.63. The minimum absolute atomic E-state index is 0.279. The molecule has 4 N–H and O–H groups in total. The molecular weight excluding hydrogens is 176 g/mol. The Labute approximate surface area is 87.2 Å². The van der Waals surface area contributed by atoms with Crippen molar-refractivity contribution in [3.63, 3.8) is 0 Å². The molecule has 2 atom stereocenters. The highest BCUT2D eigenvalue weighted by Gasteiger charge is 2.38. The summed E-state index contributed by atoms with van der Waals surface area (Å²) in [4.78, 5) is 8.00. The minimum Gasteiger partial charge on any atom is -0.330 e. The summed E-state index contributed by atoms with van der Waals surface area (Å²) >= 11 is 0. The van der Waals surface area contributed by atoms with E-state index in [-0.39, 0.29) is 5.41 Å². The van der Waals surface area contributed by atoms with Crippen molar-refractivity contribution in [1.29, 1.82) is 0 Å². The van der Waals surface area contributed by atoms with Gasteiger partial charge in [-0.3, -0.25) is 0 Å². The molecule has 2 unspecified atom stereocenters. The van der Waals surface area contributed by atoms with Crippen LogP contribution in [0.5, 0.6) is 0 Å². The smallest absolute Gasteiger partial charge is 0.106 e. The maximum absolute atomic E-state index is 8.00. The molecule has 0 aromatic carbocycles. The van der Waals surface area contributed by atoms with Crippen molar-refractivity contribution in [3.05, 3.63) is 0 Å². The van der Waals surface area contributed by atoms with Crippen molar-refractivity contribution in [1.82, 2.24) is 0 Å². The zero-order chi connectivity index (χ0) is 11.4. The predicted octanol–water partition coefficient (Wildman–Crippen LogP) is 1.30. The number of rotatable bonds is 1. The second-order valence-corrected chi connectivity index (χ2v) is 5.52. The van der Waals surface area contributed by atoms with Crippen LogP contribution < -0.4 is 11.5 Å². The molecule has 1 aliphatic carbocycles. The quantitative estimate of drug-likeness (QED) is 0.670. The van der Waals surface area contributed by atoms with Crippen LogP contribution in [0, 0.1) is 10.8 Å². The molecule has 1 rings (SSSR count). The number of hydrogen-bond donors (Lipinski definition) is 2. The molecular formula is C11H24N2O. The molecule has 0 aliphatic heterocycles. The van der Waals surface area contributed by atoms with Gasteiger partial charge < -0.3 is 16.3 Å². The summed E-state index contributed by atoms with van der Waals surface area (Å²) < 4.78 is 0. The molecule has 1 aliphatic rings. The van der Waals surface area contributed by atoms with Crippen LogP contribution in [0.3, 0.4) is 0 Å². The molecule has 0 amide bonds. The Bertz CT molecular complexity index is 182. The highest BCUT2D eigenvalue weighted by atomic mass is 16.1. The Morgan fingerprint density at radius 2 is 1.79 bits per heavy atom. The van der Waals surface area contributed by atoms with Crippen molar-refractivity contribution in [3.8, 4) is 0 Å². The first-order valence-corrected chi connectivity index (χ1v) is 5.11. The van der Waals surface area contributed by atoms with Gasteiger partial charge in [-0.15, -0.1) is 0 Å². The van der Waals surface area contributed by atoms with Crippen molar-refractivity contribution >= 4 is 6.79 Å². The summed E-state index contributed by atoms with van der Waals surface area (Å²) in [5, 5.41) is 0. The van der Waals surface area contributed by atoms with Gasteiger partial charge in [-0.05, 0) is 36.6 Å². The van der Waals surface area contributed by atoms with E-state index in [0.29, 0.717) is 11.5 Å². The third-order valence-corrected chi connectivity index (χ3v) is 2.97. The highest BCUT2D eigenvalue weighted by Crippen LogP contribution is 2.44. The van der Waals surface area contributed by atoms with Crippen molar-refractivity contribution < 1.29 is 4.79 Å². The Hall–Kier alpha value is -0.410. The summed E-state index contributed by atoms with van der Waals surface area (Å²) in [6, 6.07) is 0.349. The number of hydrogen-bond acceptors (Lipinski definition) is 3. The number of nitrogens with two attached hydrogens (primary N) is 2. The lowest BCUT2D eigenvalue weighted by molar-refractivity contribution is -0.0979. The fraction of sp³-hybridized carbons (Fsp3) is 0.909. The van der Waals surface area contributed by atoms with Crippen molar-refractivity contribution in [2.24, 2.45) is 22.3 Å². The largest absolute Gasteiger partial charge is 0.330 e. The lowest BCUT2D eigenvalue weighted by Gasteiger charge is -2.45. The first-order chi connectivity index (χ1) is 6.37. The van der Waals surface area contributed by atoms with Gasteiger partial charge in [-0.25, -0.2) is 0 Å². The van der Waals surface area contributed by atoms with Crippen molar-refractivity contribution in [2.45, 2.75) is 46.1 Å². The standard InChI is InChI=1S/C10H22N2.CH2O/c1-9(2)4-8(12)5-10(3,6-9)7-11;1-2/h8H,4-7,11-12H2,1-3H3;1H2. The summed E-state index contributed by atoms with van der Waals surface area (Å²) in [5.74, 6) is 0. The van der Waals surface area contributed by atoms with E-state index in [0.717, 1.165) is 19.4 Å². The lowest BCUT2D eigenvalue weighted by Crippen LogP contribution is -2.45. The van der Waals surface area contributed by atoms with E-state index in [4.69, 9.17) is 16.3 Å². The molecule has 3 heteroatoms. The summed E-state index contributed by atoms with van der Waals surface area (Å²) in [5.41, 5.74) is 12.4. The molecule has 0 radical (unpaired) electrons. The van der Waals surface area contributed by atoms with Crippen LogP contribution in [0.4, 0.5) is 0 Å². The van der Waals surface area contributed by atoms with E-state index < -0.39 is 0 Å². The average molecular weight is 200 g/mol. The topological polar surface area (TPSA) is 69.1 Å². The molecule has 0 heterocycles. The second kappa shape index (κ2) is 4.89. The van der Waals surface area contributed by atoms with Crippen LogP contribution in [-0.4, -0.2) is 19.4 Å². The van der Waals surface area contributed by atoms with Gasteiger partial charge in [0, 0.05) is 6.04 Å². The van der Waals surface area contributed by atoms with E-state index in [1.54, 1.807) is 0 Å². The molecule has 0 spiro atoms. The first kappa shape index (κ1) is 13.6. The van der Waals surface area contributed by atoms with Gasteiger partial charge in [-0.2, -0.15) is 0 Å². The molecule has 0 saturated heterocycles. The van der Waals surface area contributed by atoms with Crippen LogP contribution in [0.2, 0.25) is 0 Å². The highest BCUT2D eigenvalue weighted by molar-refractivity contribution is 5.11. The zero-order valence-electron chi connectivity index (χ0n) is 9.68. The van der Waals surface area contributed by atoms with Gasteiger partial charge in [-0.1, -0.05) is 20.8 Å². The van der Waals surface area contributed by atoms with Crippen LogP contribution >= 0.6 is 0 Å². The Morgan fingerprint density at radius 3 is 2.14 bits per heavy atom. The normalized spacial score (nSPS) is 35.6. The van der Waals surface area contributed by atoms with Gasteiger partial charge in [0.2, 0.25) is 0 Å². The Morgan fingerprint density at radius 1 is 1.29 bits per heavy atom. The second-order valence-electron chi connectivity index (χ2n) is 5.52. The average Bonchev–Trinajstić information content (AvgIpc) is 2.04. The third-order valence-electron chi connectivity index (χ3n) is 2.97. The van der Waals surface area contributed by atoms with Crippen molar-refractivity contribution in [2.75, 3.05) is 6.54 Å². The molecule has 0 bridgehead atoms. The van der Waals surface area contributed by atoms with Crippen LogP contribution in [-0.2, 0) is 4.79 Å². The minimum atomic E-state index is 0.279. The van der Waals surface area contributed by atoms with E-state index >= 15 is 0 Å². The Balaban J connectivity index is 0.000000791. The first-order valence-electron chi connectivity index (χ1n) is 5.11. The summed E-state index contributed by atoms with van der Waals surface area (Å²) in [6.45, 7) is 9.61. The molecule has 84 valence electrons. The van der Waals surface area contributed by atoms with Gasteiger partial charge in [0.25, 0.3) is 0 Å². The van der Waals surface area contributed by atoms with E-state index in [2.05, 4.69) is 20.8 Å². The van der Waals surface area contributed by atoms with Gasteiger partial charge in [0.05, 0.1) is 0 Å². The van der Waals surface area contributed by atoms with Gasteiger partial charge >= 0.3 is 0 Å². The van der Waals surface area contributed by atoms with Crippen LogP contribution in [0.1, 0.15) is 40.0 Å². The van der Waals surface area contributed by atoms with Gasteiger partial charge in [0.1, 0.15) is 6.79 Å². The fourth-order valence-electron chi connectivity index (χ4n) is 2.87. The molecule has 14 heavy (non-hydrogen) atoms. The summed E-state index contributed by atoms with van der Waals surface area (Å²) in [6.07, 6.45) is 3.44. The fourth-order valence-corrected chi connectivity index (χ4v) is 2.87. The molecule has 1 saturated carbocycles. The predicted molar refractivity (Wildman–Crippen MR) is 59.9 cm³/mol. The SMILES string of the molecule is C=O.CC1(C)CC(N)CC(C)(CN)C1. The van der Waals surface area contributed by atoms with E-state index in [1.165, 1.54) is 6.42 Å². The van der Waals surface area contributed by atoms with E-state index in [9.17, 15) is 0 Å². The van der Waals surface area contributed by atoms with Crippen LogP contribution in [0.15, 0.2) is 0 Å². The number of carbonyl (C=O) groups excluding carboxylic acids is 1. The monoisotopic (exact) mass is 200 g/mol. The maximum Gasteiger partial charge on any atom is 0.106 e. The maximum atomic E-state index is 8.00. The molecule has 0 aromatic heterocycles. The number of carbonyl (C=O) groups is 1. The molecule has 3 nitrogen and oxygen atoms in total. The Kier molecular flexibility index (Phi) is 4.75. The van der Waals surface area contributed by atoms with Crippen LogP contribution in [0.25, 0.3) is 0 Å². The molecule has 1 fully saturated rings. The van der Waals surface area contributed by atoms with Gasteiger partial charge in [0.15, 0.2) is 0 Å². The third kappa shape index (κ3) is 3.76. The van der Waals surface area contributed by atoms with E-state index in [1.807, 2.05) is 6.79 Å². The zero-order valence-corrected chi connectivity index (χ0v) is 9.68. The molecule has 0 aromatic rings.